The monoisotopic (exact) mass is 282 g/mol. The predicted octanol–water partition coefficient (Wildman–Crippen LogP) is 3.67. The molecule has 0 aliphatic carbocycles. The van der Waals surface area contributed by atoms with Crippen LogP contribution in [0.1, 0.15) is 6.92 Å². The number of carbonyl (C=O) groups excluding carboxylic acids is 1. The summed E-state index contributed by atoms with van der Waals surface area (Å²) >= 11 is 3.10. The third-order valence-electron chi connectivity index (χ3n) is 2.13. The molecule has 2 rings (SSSR count). The van der Waals surface area contributed by atoms with Crippen LogP contribution in [0, 0.1) is 5.82 Å². The maximum Gasteiger partial charge on any atom is 0.308 e. The number of halogens is 2. The summed E-state index contributed by atoms with van der Waals surface area (Å²) in [4.78, 5) is 10.9. The lowest BCUT2D eigenvalue weighted by atomic mass is 10.1. The number of hydrogen-bond donors (Lipinski definition) is 0. The van der Waals surface area contributed by atoms with Crippen molar-refractivity contribution >= 4 is 32.7 Å². The Morgan fingerprint density at radius 3 is 2.81 bits per heavy atom. The Kier molecular flexibility index (Phi) is 2.92. The second kappa shape index (κ2) is 4.22. The Morgan fingerprint density at radius 2 is 2.12 bits per heavy atom. The Balaban J connectivity index is 2.67. The van der Waals surface area contributed by atoms with Gasteiger partial charge in [-0.2, -0.15) is 0 Å². The molecule has 2 aromatic carbocycles. The molecule has 0 fully saturated rings. The van der Waals surface area contributed by atoms with Gasteiger partial charge in [-0.15, -0.1) is 0 Å². The number of carbonyl (C=O) groups is 1. The smallest absolute Gasteiger partial charge is 0.308 e. The molecule has 0 saturated carbocycles. The summed E-state index contributed by atoms with van der Waals surface area (Å²) in [5, 5.41) is 1.39. The van der Waals surface area contributed by atoms with Crippen molar-refractivity contribution in [3.63, 3.8) is 0 Å². The average Bonchev–Trinajstić information content (AvgIpc) is 2.20. The summed E-state index contributed by atoms with van der Waals surface area (Å²) < 4.78 is 18.7. The van der Waals surface area contributed by atoms with Crippen LogP contribution in [0.5, 0.6) is 5.75 Å². The van der Waals surface area contributed by atoms with Gasteiger partial charge in [0, 0.05) is 12.3 Å². The molecule has 0 heterocycles. The van der Waals surface area contributed by atoms with Crippen LogP contribution in [0.3, 0.4) is 0 Å². The van der Waals surface area contributed by atoms with Crippen molar-refractivity contribution in [1.82, 2.24) is 0 Å². The standard InChI is InChI=1S/C12H8BrFO2/c1-7(15)16-12-4-2-3-8-5-11(14)10(13)6-9(8)12/h2-6H,1H3. The molecule has 0 unspecified atom stereocenters. The molecule has 0 saturated heterocycles. The van der Waals surface area contributed by atoms with Gasteiger partial charge in [-0.05, 0) is 39.5 Å². The van der Waals surface area contributed by atoms with E-state index in [0.29, 0.717) is 21.0 Å². The number of hydrogen-bond acceptors (Lipinski definition) is 2. The largest absolute Gasteiger partial charge is 0.426 e. The van der Waals surface area contributed by atoms with Crippen molar-refractivity contribution in [2.24, 2.45) is 0 Å². The molecule has 0 atom stereocenters. The molecule has 2 nitrogen and oxygen atoms in total. The molecule has 16 heavy (non-hydrogen) atoms. The van der Waals surface area contributed by atoms with Crippen LogP contribution in [0.4, 0.5) is 4.39 Å². The Labute approximate surface area is 100 Å². The quantitative estimate of drug-likeness (QED) is 0.589. The van der Waals surface area contributed by atoms with Crippen molar-refractivity contribution in [3.05, 3.63) is 40.6 Å². The van der Waals surface area contributed by atoms with Crippen LogP contribution >= 0.6 is 15.9 Å². The van der Waals surface area contributed by atoms with Crippen LogP contribution in [0.15, 0.2) is 34.8 Å². The highest BCUT2D eigenvalue weighted by atomic mass is 79.9. The lowest BCUT2D eigenvalue weighted by molar-refractivity contribution is -0.131. The zero-order valence-electron chi connectivity index (χ0n) is 8.46. The maximum absolute atomic E-state index is 13.3. The van der Waals surface area contributed by atoms with E-state index in [9.17, 15) is 9.18 Å². The first-order valence-corrected chi connectivity index (χ1v) is 5.43. The third kappa shape index (κ3) is 2.07. The first kappa shape index (κ1) is 11.1. The fraction of sp³-hybridized carbons (Fsp3) is 0.0833. The lowest BCUT2D eigenvalue weighted by Crippen LogP contribution is -2.01. The average molecular weight is 283 g/mol. The Morgan fingerprint density at radius 1 is 1.38 bits per heavy atom. The van der Waals surface area contributed by atoms with Crippen LogP contribution < -0.4 is 4.74 Å². The number of rotatable bonds is 1. The first-order chi connectivity index (χ1) is 7.58. The number of esters is 1. The van der Waals surface area contributed by atoms with Gasteiger partial charge in [0.25, 0.3) is 0 Å². The summed E-state index contributed by atoms with van der Waals surface area (Å²) in [6.07, 6.45) is 0. The Hall–Kier alpha value is -1.42. The number of ether oxygens (including phenoxy) is 1. The molecular formula is C12H8BrFO2. The van der Waals surface area contributed by atoms with Gasteiger partial charge in [0.2, 0.25) is 0 Å². The van der Waals surface area contributed by atoms with Crippen LogP contribution in [-0.2, 0) is 4.79 Å². The van der Waals surface area contributed by atoms with Crippen molar-refractivity contribution in [2.45, 2.75) is 6.92 Å². The van der Waals surface area contributed by atoms with Crippen molar-refractivity contribution < 1.29 is 13.9 Å². The van der Waals surface area contributed by atoms with E-state index < -0.39 is 5.97 Å². The fourth-order valence-corrected chi connectivity index (χ4v) is 1.83. The minimum absolute atomic E-state index is 0.340. The third-order valence-corrected chi connectivity index (χ3v) is 2.74. The fourth-order valence-electron chi connectivity index (χ4n) is 1.49. The second-order valence-electron chi connectivity index (χ2n) is 3.34. The molecule has 82 valence electrons. The molecule has 0 amide bonds. The minimum Gasteiger partial charge on any atom is -0.426 e. The lowest BCUT2D eigenvalue weighted by Gasteiger charge is -2.06. The molecular weight excluding hydrogens is 275 g/mol. The molecule has 4 heteroatoms. The summed E-state index contributed by atoms with van der Waals surface area (Å²) in [6, 6.07) is 8.15. The van der Waals surface area contributed by atoms with E-state index in [1.165, 1.54) is 13.0 Å². The van der Waals surface area contributed by atoms with Crippen molar-refractivity contribution in [2.75, 3.05) is 0 Å². The first-order valence-electron chi connectivity index (χ1n) is 4.64. The predicted molar refractivity (Wildman–Crippen MR) is 62.9 cm³/mol. The molecule has 0 spiro atoms. The summed E-state index contributed by atoms with van der Waals surface area (Å²) in [5.74, 6) is -0.300. The van der Waals surface area contributed by atoms with E-state index in [0.717, 1.165) is 0 Å². The molecule has 0 aromatic heterocycles. The molecule has 2 aromatic rings. The van der Waals surface area contributed by atoms with Gasteiger partial charge in [0.1, 0.15) is 11.6 Å². The van der Waals surface area contributed by atoms with E-state index in [4.69, 9.17) is 4.74 Å². The van der Waals surface area contributed by atoms with Crippen LogP contribution in [-0.4, -0.2) is 5.97 Å². The normalized spacial score (nSPS) is 10.4. The van der Waals surface area contributed by atoms with E-state index in [2.05, 4.69) is 15.9 Å². The van der Waals surface area contributed by atoms with Crippen molar-refractivity contribution in [3.8, 4) is 5.75 Å². The van der Waals surface area contributed by atoms with Gasteiger partial charge in [-0.1, -0.05) is 12.1 Å². The second-order valence-corrected chi connectivity index (χ2v) is 4.19. The zero-order chi connectivity index (χ0) is 11.7. The van der Waals surface area contributed by atoms with Crippen LogP contribution in [0.2, 0.25) is 0 Å². The van der Waals surface area contributed by atoms with Gasteiger partial charge in [0.05, 0.1) is 4.47 Å². The van der Waals surface area contributed by atoms with E-state index in [-0.39, 0.29) is 5.82 Å². The van der Waals surface area contributed by atoms with Gasteiger partial charge >= 0.3 is 5.97 Å². The molecule has 0 aliphatic heterocycles. The van der Waals surface area contributed by atoms with E-state index >= 15 is 0 Å². The molecule has 0 N–H and O–H groups in total. The van der Waals surface area contributed by atoms with Gasteiger partial charge in [0.15, 0.2) is 0 Å². The Bertz CT molecular complexity index is 566. The summed E-state index contributed by atoms with van der Waals surface area (Å²) in [5.41, 5.74) is 0. The van der Waals surface area contributed by atoms with Gasteiger partial charge < -0.3 is 4.74 Å². The van der Waals surface area contributed by atoms with E-state index in [1.807, 2.05) is 0 Å². The molecule has 0 aliphatic rings. The minimum atomic E-state index is -0.395. The highest BCUT2D eigenvalue weighted by Gasteiger charge is 2.07. The van der Waals surface area contributed by atoms with Crippen molar-refractivity contribution in [1.29, 1.82) is 0 Å². The highest BCUT2D eigenvalue weighted by molar-refractivity contribution is 9.10. The number of fused-ring (bicyclic) bond motifs is 1. The molecule has 0 radical (unpaired) electrons. The van der Waals surface area contributed by atoms with Gasteiger partial charge in [-0.25, -0.2) is 4.39 Å². The molecule has 0 bridgehead atoms. The maximum atomic E-state index is 13.3. The number of benzene rings is 2. The summed E-state index contributed by atoms with van der Waals surface area (Å²) in [7, 11) is 0. The summed E-state index contributed by atoms with van der Waals surface area (Å²) in [6.45, 7) is 1.33. The topological polar surface area (TPSA) is 26.3 Å². The van der Waals surface area contributed by atoms with E-state index in [1.54, 1.807) is 24.3 Å². The van der Waals surface area contributed by atoms with Crippen LogP contribution in [0.25, 0.3) is 10.8 Å². The SMILES string of the molecule is CC(=O)Oc1cccc2cc(F)c(Br)cc12. The highest BCUT2D eigenvalue weighted by Crippen LogP contribution is 2.30. The van der Waals surface area contributed by atoms with Gasteiger partial charge in [-0.3, -0.25) is 4.79 Å². The zero-order valence-corrected chi connectivity index (χ0v) is 10.0.